The monoisotopic (exact) mass is 426 g/mol. The highest BCUT2D eigenvalue weighted by Gasteiger charge is 2.22. The van der Waals surface area contributed by atoms with Crippen LogP contribution in [0.25, 0.3) is 0 Å². The standard InChI is InChI=1S/C21H26N6O4/c1-15-3-2-4-16(13-15)19(25-22)17-14-18(26-5-9-29-10-6-26)24-20(23-17)30-11-7-27-8-12-31-21(27)28/h2-4,13-14H,5-12,22H2,1H3. The molecule has 1 amide bonds. The first-order valence-electron chi connectivity index (χ1n) is 10.3. The number of rotatable bonds is 7. The molecule has 0 atom stereocenters. The number of aromatic nitrogens is 2. The van der Waals surface area contributed by atoms with Crippen LogP contribution < -0.4 is 15.5 Å². The fourth-order valence-corrected chi connectivity index (χ4v) is 3.51. The molecule has 1 aromatic heterocycles. The van der Waals surface area contributed by atoms with E-state index in [9.17, 15) is 4.79 Å². The van der Waals surface area contributed by atoms with Crippen LogP contribution in [0.2, 0.25) is 0 Å². The van der Waals surface area contributed by atoms with Crippen LogP contribution >= 0.6 is 0 Å². The summed E-state index contributed by atoms with van der Waals surface area (Å²) < 4.78 is 16.2. The van der Waals surface area contributed by atoms with E-state index in [0.717, 1.165) is 30.0 Å². The summed E-state index contributed by atoms with van der Waals surface area (Å²) in [5.41, 5.74) is 3.07. The number of benzene rings is 1. The van der Waals surface area contributed by atoms with Crippen molar-refractivity contribution in [2.24, 2.45) is 10.9 Å². The van der Waals surface area contributed by atoms with E-state index in [0.29, 0.717) is 44.3 Å². The van der Waals surface area contributed by atoms with E-state index in [1.165, 1.54) is 0 Å². The second-order valence-electron chi connectivity index (χ2n) is 7.29. The number of hydrazone groups is 1. The van der Waals surface area contributed by atoms with Gasteiger partial charge in [0.2, 0.25) is 0 Å². The van der Waals surface area contributed by atoms with Crippen molar-refractivity contribution in [3.8, 4) is 6.01 Å². The van der Waals surface area contributed by atoms with Gasteiger partial charge in [-0.25, -0.2) is 4.79 Å². The Kier molecular flexibility index (Phi) is 6.46. The molecular formula is C21H26N6O4. The molecule has 0 spiro atoms. The molecule has 1 aromatic carbocycles. The number of carbonyl (C=O) groups is 1. The van der Waals surface area contributed by atoms with Gasteiger partial charge < -0.3 is 29.9 Å². The van der Waals surface area contributed by atoms with E-state index in [2.05, 4.69) is 20.0 Å². The molecule has 0 aliphatic carbocycles. The van der Waals surface area contributed by atoms with Gasteiger partial charge in [-0.05, 0) is 13.0 Å². The number of nitrogens with zero attached hydrogens (tertiary/aromatic N) is 5. The number of aryl methyl sites for hydroxylation is 1. The Bertz CT molecular complexity index is 961. The van der Waals surface area contributed by atoms with Gasteiger partial charge in [-0.3, -0.25) is 0 Å². The SMILES string of the molecule is Cc1cccc(C(=NN)c2cc(N3CCOCC3)nc(OCCN3CCOC3=O)n2)c1. The topological polar surface area (TPSA) is 115 Å². The summed E-state index contributed by atoms with van der Waals surface area (Å²) in [5.74, 6) is 6.48. The third-order valence-electron chi connectivity index (χ3n) is 5.13. The van der Waals surface area contributed by atoms with Crippen molar-refractivity contribution < 1.29 is 19.0 Å². The lowest BCUT2D eigenvalue weighted by Gasteiger charge is -2.28. The van der Waals surface area contributed by atoms with Gasteiger partial charge in [-0.2, -0.15) is 15.1 Å². The third kappa shape index (κ3) is 5.02. The maximum absolute atomic E-state index is 11.6. The van der Waals surface area contributed by atoms with Gasteiger partial charge in [0.25, 0.3) is 0 Å². The largest absolute Gasteiger partial charge is 0.462 e. The Balaban J connectivity index is 1.60. The lowest BCUT2D eigenvalue weighted by molar-refractivity contribution is 0.122. The summed E-state index contributed by atoms with van der Waals surface area (Å²) in [6.45, 7) is 6.30. The predicted octanol–water partition coefficient (Wildman–Crippen LogP) is 1.16. The van der Waals surface area contributed by atoms with Crippen LogP contribution in [0.3, 0.4) is 0 Å². The van der Waals surface area contributed by atoms with Gasteiger partial charge in [-0.1, -0.05) is 23.8 Å². The van der Waals surface area contributed by atoms with Crippen molar-refractivity contribution >= 4 is 17.6 Å². The number of carbonyl (C=O) groups excluding carboxylic acids is 1. The molecule has 4 rings (SSSR count). The number of ether oxygens (including phenoxy) is 3. The number of nitrogens with two attached hydrogens (primary N) is 1. The number of hydrogen-bond donors (Lipinski definition) is 1. The van der Waals surface area contributed by atoms with Crippen molar-refractivity contribution in [3.63, 3.8) is 0 Å². The van der Waals surface area contributed by atoms with E-state index in [1.807, 2.05) is 37.3 Å². The van der Waals surface area contributed by atoms with Crippen molar-refractivity contribution in [1.29, 1.82) is 0 Å². The molecule has 2 aliphatic rings. The zero-order chi connectivity index (χ0) is 21.6. The first-order chi connectivity index (χ1) is 15.1. The second kappa shape index (κ2) is 9.61. The van der Waals surface area contributed by atoms with E-state index in [-0.39, 0.29) is 18.7 Å². The van der Waals surface area contributed by atoms with Crippen LogP contribution in [0, 0.1) is 6.92 Å². The first kappa shape index (κ1) is 20.9. The molecule has 0 unspecified atom stereocenters. The van der Waals surface area contributed by atoms with E-state index >= 15 is 0 Å². The molecule has 31 heavy (non-hydrogen) atoms. The maximum Gasteiger partial charge on any atom is 0.410 e. The summed E-state index contributed by atoms with van der Waals surface area (Å²) >= 11 is 0. The fourth-order valence-electron chi connectivity index (χ4n) is 3.51. The summed E-state index contributed by atoms with van der Waals surface area (Å²) in [6.07, 6.45) is -0.329. The minimum atomic E-state index is -0.329. The highest BCUT2D eigenvalue weighted by molar-refractivity contribution is 6.12. The highest BCUT2D eigenvalue weighted by atomic mass is 16.6. The molecule has 2 aromatic rings. The van der Waals surface area contributed by atoms with Crippen LogP contribution in [0.5, 0.6) is 6.01 Å². The highest BCUT2D eigenvalue weighted by Crippen LogP contribution is 2.21. The number of anilines is 1. The average Bonchev–Trinajstić information content (AvgIpc) is 3.19. The number of amides is 1. The Morgan fingerprint density at radius 3 is 2.74 bits per heavy atom. The summed E-state index contributed by atoms with van der Waals surface area (Å²) in [7, 11) is 0. The Labute approximate surface area is 180 Å². The number of hydrogen-bond acceptors (Lipinski definition) is 9. The van der Waals surface area contributed by atoms with Crippen LogP contribution in [0.15, 0.2) is 35.4 Å². The van der Waals surface area contributed by atoms with Gasteiger partial charge >= 0.3 is 12.1 Å². The smallest absolute Gasteiger partial charge is 0.410 e. The van der Waals surface area contributed by atoms with Gasteiger partial charge in [0.15, 0.2) is 0 Å². The van der Waals surface area contributed by atoms with Gasteiger partial charge in [-0.15, -0.1) is 0 Å². The van der Waals surface area contributed by atoms with E-state index in [1.54, 1.807) is 4.90 Å². The van der Waals surface area contributed by atoms with Crippen LogP contribution in [0.4, 0.5) is 10.6 Å². The van der Waals surface area contributed by atoms with E-state index < -0.39 is 0 Å². The minimum Gasteiger partial charge on any atom is -0.462 e. The van der Waals surface area contributed by atoms with Crippen molar-refractivity contribution in [3.05, 3.63) is 47.2 Å². The third-order valence-corrected chi connectivity index (χ3v) is 5.13. The predicted molar refractivity (Wildman–Crippen MR) is 114 cm³/mol. The normalized spacial score (nSPS) is 17.1. The molecular weight excluding hydrogens is 400 g/mol. The van der Waals surface area contributed by atoms with Gasteiger partial charge in [0, 0.05) is 24.7 Å². The zero-order valence-corrected chi connectivity index (χ0v) is 17.5. The van der Waals surface area contributed by atoms with Crippen LogP contribution in [-0.4, -0.2) is 79.3 Å². The second-order valence-corrected chi connectivity index (χ2v) is 7.29. The molecule has 10 heteroatoms. The molecule has 164 valence electrons. The molecule has 0 saturated carbocycles. The minimum absolute atomic E-state index is 0.209. The Morgan fingerprint density at radius 2 is 2.03 bits per heavy atom. The molecule has 0 bridgehead atoms. The fraction of sp³-hybridized carbons (Fsp3) is 0.429. The summed E-state index contributed by atoms with van der Waals surface area (Å²) in [6, 6.07) is 9.97. The van der Waals surface area contributed by atoms with Gasteiger partial charge in [0.1, 0.15) is 30.4 Å². The van der Waals surface area contributed by atoms with Crippen LogP contribution in [0.1, 0.15) is 16.8 Å². The Hall–Kier alpha value is -3.40. The molecule has 10 nitrogen and oxygen atoms in total. The quantitative estimate of drug-likeness (QED) is 0.398. The van der Waals surface area contributed by atoms with Crippen molar-refractivity contribution in [1.82, 2.24) is 14.9 Å². The first-order valence-corrected chi connectivity index (χ1v) is 10.3. The summed E-state index contributed by atoms with van der Waals surface area (Å²) in [4.78, 5) is 24.4. The molecule has 2 aliphatic heterocycles. The Morgan fingerprint density at radius 1 is 1.19 bits per heavy atom. The zero-order valence-electron chi connectivity index (χ0n) is 17.5. The van der Waals surface area contributed by atoms with E-state index in [4.69, 9.17) is 20.1 Å². The average molecular weight is 426 g/mol. The lowest BCUT2D eigenvalue weighted by Crippen LogP contribution is -2.37. The molecule has 2 saturated heterocycles. The maximum atomic E-state index is 11.6. The van der Waals surface area contributed by atoms with Gasteiger partial charge in [0.05, 0.1) is 26.3 Å². The summed E-state index contributed by atoms with van der Waals surface area (Å²) in [5, 5.41) is 4.01. The molecule has 2 N–H and O–H groups in total. The number of cyclic esters (lactones) is 1. The number of morpholine rings is 1. The lowest BCUT2D eigenvalue weighted by atomic mass is 10.0. The molecule has 0 radical (unpaired) electrons. The molecule has 3 heterocycles. The van der Waals surface area contributed by atoms with Crippen molar-refractivity contribution in [2.45, 2.75) is 6.92 Å². The van der Waals surface area contributed by atoms with Crippen LogP contribution in [-0.2, 0) is 9.47 Å². The van der Waals surface area contributed by atoms with Crippen molar-refractivity contribution in [2.75, 3.05) is 57.5 Å². The molecule has 2 fully saturated rings.